The van der Waals surface area contributed by atoms with Crippen molar-refractivity contribution in [1.82, 2.24) is 5.16 Å². The Bertz CT molecular complexity index is 524. The molecule has 94 valence electrons. The Morgan fingerprint density at radius 3 is 2.83 bits per heavy atom. The van der Waals surface area contributed by atoms with Crippen molar-refractivity contribution in [2.45, 2.75) is 17.9 Å². The molecule has 1 atom stereocenters. The van der Waals surface area contributed by atoms with Crippen molar-refractivity contribution in [3.05, 3.63) is 42.1 Å². The average Bonchev–Trinajstić information content (AvgIpc) is 2.85. The van der Waals surface area contributed by atoms with Gasteiger partial charge in [-0.2, -0.15) is 0 Å². The third kappa shape index (κ3) is 3.13. The summed E-state index contributed by atoms with van der Waals surface area (Å²) in [6.45, 7) is 1.66. The predicted molar refractivity (Wildman–Crippen MR) is 70.3 cm³/mol. The van der Waals surface area contributed by atoms with Crippen molar-refractivity contribution >= 4 is 17.7 Å². The lowest BCUT2D eigenvalue weighted by Crippen LogP contribution is -2.11. The molecule has 0 amide bonds. The molecule has 0 aliphatic rings. The molecular formula is C13H13NO3S. The molecule has 5 heteroatoms. The minimum absolute atomic E-state index is 0.443. The summed E-state index contributed by atoms with van der Waals surface area (Å²) in [6.07, 6.45) is 0. The number of carboxylic acid groups (broad SMARTS) is 1. The smallest absolute Gasteiger partial charge is 0.316 e. The van der Waals surface area contributed by atoms with Gasteiger partial charge in [-0.05, 0) is 6.92 Å². The van der Waals surface area contributed by atoms with Crippen LogP contribution >= 0.6 is 11.8 Å². The minimum atomic E-state index is -0.813. The summed E-state index contributed by atoms with van der Waals surface area (Å²) in [5, 5.41) is 12.3. The number of thioether (sulfide) groups is 1. The molecule has 1 N–H and O–H groups in total. The quantitative estimate of drug-likeness (QED) is 0.898. The molecule has 1 aromatic carbocycles. The van der Waals surface area contributed by atoms with E-state index < -0.39 is 11.2 Å². The van der Waals surface area contributed by atoms with E-state index in [9.17, 15) is 4.79 Å². The van der Waals surface area contributed by atoms with Gasteiger partial charge in [0.15, 0.2) is 5.76 Å². The van der Waals surface area contributed by atoms with Crippen molar-refractivity contribution < 1.29 is 14.4 Å². The predicted octanol–water partition coefficient (Wildman–Crippen LogP) is 3.05. The maximum absolute atomic E-state index is 10.7. The molecule has 0 aliphatic heterocycles. The molecule has 0 saturated heterocycles. The van der Waals surface area contributed by atoms with E-state index in [2.05, 4.69) is 5.16 Å². The average molecular weight is 263 g/mol. The number of rotatable bonds is 5. The molecule has 18 heavy (non-hydrogen) atoms. The van der Waals surface area contributed by atoms with Gasteiger partial charge in [-0.15, -0.1) is 11.8 Å². The van der Waals surface area contributed by atoms with Crippen molar-refractivity contribution in [2.24, 2.45) is 0 Å². The second kappa shape index (κ2) is 5.73. The van der Waals surface area contributed by atoms with Gasteiger partial charge in [0.1, 0.15) is 0 Å². The molecule has 0 fully saturated rings. The van der Waals surface area contributed by atoms with Gasteiger partial charge in [-0.1, -0.05) is 35.5 Å². The Morgan fingerprint density at radius 1 is 1.44 bits per heavy atom. The second-order valence-electron chi connectivity index (χ2n) is 3.84. The number of nitrogens with zero attached hydrogens (tertiary/aromatic N) is 1. The monoisotopic (exact) mass is 263 g/mol. The lowest BCUT2D eigenvalue weighted by molar-refractivity contribution is -0.136. The number of hydrogen-bond donors (Lipinski definition) is 1. The summed E-state index contributed by atoms with van der Waals surface area (Å²) in [7, 11) is 0. The van der Waals surface area contributed by atoms with Crippen LogP contribution in [0.5, 0.6) is 0 Å². The first-order valence-corrected chi connectivity index (χ1v) is 6.57. The molecule has 0 spiro atoms. The molecule has 0 radical (unpaired) electrons. The lowest BCUT2D eigenvalue weighted by Gasteiger charge is -2.02. The number of hydrogen-bond acceptors (Lipinski definition) is 4. The Kier molecular flexibility index (Phi) is 4.04. The van der Waals surface area contributed by atoms with E-state index in [1.165, 1.54) is 11.8 Å². The van der Waals surface area contributed by atoms with Crippen LogP contribution in [0.25, 0.3) is 11.3 Å². The van der Waals surface area contributed by atoms with Crippen molar-refractivity contribution in [1.29, 1.82) is 0 Å². The van der Waals surface area contributed by atoms with E-state index in [4.69, 9.17) is 9.63 Å². The summed E-state index contributed by atoms with van der Waals surface area (Å²) < 4.78 is 5.23. The van der Waals surface area contributed by atoms with E-state index in [0.29, 0.717) is 11.5 Å². The number of aromatic nitrogens is 1. The largest absolute Gasteiger partial charge is 0.480 e. The summed E-state index contributed by atoms with van der Waals surface area (Å²) in [6, 6.07) is 11.5. The number of benzene rings is 1. The maximum atomic E-state index is 10.7. The van der Waals surface area contributed by atoms with Crippen LogP contribution in [0.15, 0.2) is 40.9 Å². The van der Waals surface area contributed by atoms with Crippen LogP contribution in [-0.2, 0) is 10.5 Å². The number of aliphatic carboxylic acids is 1. The third-order valence-electron chi connectivity index (χ3n) is 2.45. The maximum Gasteiger partial charge on any atom is 0.316 e. The van der Waals surface area contributed by atoms with Gasteiger partial charge >= 0.3 is 5.97 Å². The van der Waals surface area contributed by atoms with Crippen LogP contribution in [0.4, 0.5) is 0 Å². The lowest BCUT2D eigenvalue weighted by atomic mass is 10.2. The zero-order chi connectivity index (χ0) is 13.0. The SMILES string of the molecule is CC(SCc1cc(-c2ccccc2)on1)C(=O)O. The molecule has 1 heterocycles. The molecular weight excluding hydrogens is 250 g/mol. The van der Waals surface area contributed by atoms with E-state index in [-0.39, 0.29) is 0 Å². The zero-order valence-electron chi connectivity index (χ0n) is 9.87. The normalized spacial score (nSPS) is 12.3. The number of carbonyl (C=O) groups is 1. The standard InChI is InChI=1S/C13H13NO3S/c1-9(13(15)16)18-8-11-7-12(17-14-11)10-5-3-2-4-6-10/h2-7,9H,8H2,1H3,(H,15,16). The fraction of sp³-hybridized carbons (Fsp3) is 0.231. The zero-order valence-corrected chi connectivity index (χ0v) is 10.7. The van der Waals surface area contributed by atoms with Gasteiger partial charge in [0, 0.05) is 17.4 Å². The highest BCUT2D eigenvalue weighted by molar-refractivity contribution is 7.99. The van der Waals surface area contributed by atoms with Crippen molar-refractivity contribution in [2.75, 3.05) is 0 Å². The van der Waals surface area contributed by atoms with Gasteiger partial charge in [0.25, 0.3) is 0 Å². The molecule has 0 saturated carbocycles. The summed E-state index contributed by atoms with van der Waals surface area (Å²) >= 11 is 1.32. The highest BCUT2D eigenvalue weighted by Crippen LogP contribution is 2.23. The first-order chi connectivity index (χ1) is 8.66. The summed E-state index contributed by atoms with van der Waals surface area (Å²) in [4.78, 5) is 10.7. The van der Waals surface area contributed by atoms with E-state index in [1.807, 2.05) is 36.4 Å². The molecule has 2 rings (SSSR count). The van der Waals surface area contributed by atoms with Crippen molar-refractivity contribution in [3.8, 4) is 11.3 Å². The molecule has 1 unspecified atom stereocenters. The van der Waals surface area contributed by atoms with Gasteiger partial charge in [-0.3, -0.25) is 4.79 Å². The molecule has 1 aromatic heterocycles. The minimum Gasteiger partial charge on any atom is -0.480 e. The van der Waals surface area contributed by atoms with Crippen molar-refractivity contribution in [3.63, 3.8) is 0 Å². The third-order valence-corrected chi connectivity index (χ3v) is 3.61. The highest BCUT2D eigenvalue weighted by atomic mass is 32.2. The van der Waals surface area contributed by atoms with Crippen LogP contribution < -0.4 is 0 Å². The van der Waals surface area contributed by atoms with E-state index in [1.54, 1.807) is 6.92 Å². The first kappa shape index (κ1) is 12.7. The summed E-state index contributed by atoms with van der Waals surface area (Å²) in [5.74, 6) is 0.421. The van der Waals surface area contributed by atoms with Gasteiger partial charge in [-0.25, -0.2) is 0 Å². The summed E-state index contributed by atoms with van der Waals surface area (Å²) in [5.41, 5.74) is 1.72. The van der Waals surface area contributed by atoms with Gasteiger partial charge in [0.2, 0.25) is 0 Å². The van der Waals surface area contributed by atoms with Crippen LogP contribution in [-0.4, -0.2) is 21.5 Å². The van der Waals surface area contributed by atoms with Crippen LogP contribution in [0.2, 0.25) is 0 Å². The molecule has 2 aromatic rings. The fourth-order valence-electron chi connectivity index (χ4n) is 1.40. The fourth-order valence-corrected chi connectivity index (χ4v) is 2.10. The Hall–Kier alpha value is -1.75. The van der Waals surface area contributed by atoms with Crippen LogP contribution in [0.3, 0.4) is 0 Å². The molecule has 0 bridgehead atoms. The van der Waals surface area contributed by atoms with Crippen LogP contribution in [0.1, 0.15) is 12.6 Å². The second-order valence-corrected chi connectivity index (χ2v) is 5.17. The molecule has 4 nitrogen and oxygen atoms in total. The van der Waals surface area contributed by atoms with E-state index in [0.717, 1.165) is 11.3 Å². The Morgan fingerprint density at radius 2 is 2.17 bits per heavy atom. The number of carboxylic acids is 1. The topological polar surface area (TPSA) is 63.3 Å². The Labute approximate surface area is 109 Å². The molecule has 0 aliphatic carbocycles. The first-order valence-electron chi connectivity index (χ1n) is 5.52. The van der Waals surface area contributed by atoms with Gasteiger partial charge in [0.05, 0.1) is 10.9 Å². The van der Waals surface area contributed by atoms with Gasteiger partial charge < -0.3 is 9.63 Å². The highest BCUT2D eigenvalue weighted by Gasteiger charge is 2.13. The Balaban J connectivity index is 2.01. The van der Waals surface area contributed by atoms with E-state index >= 15 is 0 Å². The van der Waals surface area contributed by atoms with Crippen LogP contribution in [0, 0.1) is 0 Å².